The van der Waals surface area contributed by atoms with Crippen LogP contribution in [0.25, 0.3) is 5.69 Å². The molecule has 3 aromatic rings. The highest BCUT2D eigenvalue weighted by Crippen LogP contribution is 2.23. The molecule has 0 aromatic carbocycles. The minimum Gasteiger partial charge on any atom is -0.296 e. The number of hydrogen-bond donors (Lipinski definition) is 1. The Hall–Kier alpha value is -2.20. The molecule has 0 fully saturated rings. The van der Waals surface area contributed by atoms with E-state index in [2.05, 4.69) is 38.0 Å². The molecule has 3 rings (SSSR count). The fraction of sp³-hybridized carbons (Fsp3) is 0.273. The molecule has 0 radical (unpaired) electrons. The van der Waals surface area contributed by atoms with Crippen LogP contribution in [0.4, 0.5) is 5.13 Å². The Balaban J connectivity index is 1.78. The fourth-order valence-electron chi connectivity index (χ4n) is 1.70. The van der Waals surface area contributed by atoms with Crippen LogP contribution in [0.5, 0.6) is 0 Å². The van der Waals surface area contributed by atoms with Gasteiger partial charge in [-0.15, -0.1) is 26.6 Å². The molecule has 3 heterocycles. The van der Waals surface area contributed by atoms with Gasteiger partial charge in [0.25, 0.3) is 5.91 Å². The molecule has 1 N–H and O–H groups in total. The molecule has 8 nitrogen and oxygen atoms in total. The van der Waals surface area contributed by atoms with Crippen molar-refractivity contribution in [2.24, 2.45) is 0 Å². The Morgan fingerprint density at radius 1 is 1.43 bits per heavy atom. The Labute approximate surface area is 127 Å². The monoisotopic (exact) mass is 321 g/mol. The summed E-state index contributed by atoms with van der Waals surface area (Å²) < 4.78 is 1.45. The molecule has 0 saturated carbocycles. The van der Waals surface area contributed by atoms with Crippen molar-refractivity contribution in [2.75, 3.05) is 5.32 Å². The number of amides is 1. The van der Waals surface area contributed by atoms with Crippen molar-refractivity contribution in [3.63, 3.8) is 0 Å². The fourth-order valence-corrected chi connectivity index (χ4v) is 3.31. The van der Waals surface area contributed by atoms with Crippen molar-refractivity contribution in [3.05, 3.63) is 27.7 Å². The second kappa shape index (κ2) is 6.06. The number of hydrogen-bond acceptors (Lipinski definition) is 8. The van der Waals surface area contributed by atoms with Gasteiger partial charge in [0.2, 0.25) is 5.13 Å². The lowest BCUT2D eigenvalue weighted by Crippen LogP contribution is -2.13. The van der Waals surface area contributed by atoms with E-state index in [0.717, 1.165) is 17.8 Å². The second-order valence-electron chi connectivity index (χ2n) is 4.09. The number of thiophene rings is 1. The van der Waals surface area contributed by atoms with E-state index >= 15 is 0 Å². The molecule has 0 saturated heterocycles. The van der Waals surface area contributed by atoms with Crippen LogP contribution >= 0.6 is 22.7 Å². The molecule has 10 heteroatoms. The van der Waals surface area contributed by atoms with Gasteiger partial charge in [-0.2, -0.15) is 4.68 Å². The number of carbonyl (C=O) groups excluding carboxylic acids is 1. The van der Waals surface area contributed by atoms with Gasteiger partial charge in [0.1, 0.15) is 16.2 Å². The summed E-state index contributed by atoms with van der Waals surface area (Å²) >= 11 is 2.71. The summed E-state index contributed by atoms with van der Waals surface area (Å²) in [5.74, 6) is -0.241. The molecule has 0 aliphatic carbocycles. The lowest BCUT2D eigenvalue weighted by atomic mass is 10.4. The summed E-state index contributed by atoms with van der Waals surface area (Å²) in [5.41, 5.74) is 0.640. The highest BCUT2D eigenvalue weighted by molar-refractivity contribution is 7.15. The van der Waals surface area contributed by atoms with Gasteiger partial charge in [-0.1, -0.05) is 18.3 Å². The predicted molar refractivity (Wildman–Crippen MR) is 78.9 cm³/mol. The molecule has 0 aliphatic rings. The first-order valence-corrected chi connectivity index (χ1v) is 7.92. The Morgan fingerprint density at radius 2 is 2.33 bits per heavy atom. The SMILES string of the molecule is CCCc1nnc(NC(=O)c2sccc2-n2cnnn2)s1. The number of anilines is 1. The molecule has 108 valence electrons. The van der Waals surface area contributed by atoms with Crippen molar-refractivity contribution in [2.45, 2.75) is 19.8 Å². The summed E-state index contributed by atoms with van der Waals surface area (Å²) in [6.45, 7) is 2.07. The maximum Gasteiger partial charge on any atom is 0.269 e. The zero-order valence-corrected chi connectivity index (χ0v) is 12.7. The maximum absolute atomic E-state index is 12.3. The molecule has 1 amide bonds. The molecule has 0 bridgehead atoms. The van der Waals surface area contributed by atoms with Gasteiger partial charge >= 0.3 is 0 Å². The van der Waals surface area contributed by atoms with Gasteiger partial charge in [-0.25, -0.2) is 0 Å². The van der Waals surface area contributed by atoms with E-state index in [-0.39, 0.29) is 5.91 Å². The second-order valence-corrected chi connectivity index (χ2v) is 6.07. The van der Waals surface area contributed by atoms with E-state index in [1.165, 1.54) is 33.7 Å². The molecule has 0 aliphatic heterocycles. The Morgan fingerprint density at radius 3 is 3.10 bits per heavy atom. The maximum atomic E-state index is 12.3. The minimum absolute atomic E-state index is 0.241. The van der Waals surface area contributed by atoms with E-state index in [4.69, 9.17) is 0 Å². The molecular weight excluding hydrogens is 310 g/mol. The largest absolute Gasteiger partial charge is 0.296 e. The number of rotatable bonds is 5. The van der Waals surface area contributed by atoms with Crippen molar-refractivity contribution in [1.29, 1.82) is 0 Å². The number of aromatic nitrogens is 6. The standard InChI is InChI=1S/C11H11N7OS2/c1-2-3-8-14-15-11(21-8)13-10(19)9-7(4-5-20-9)18-6-12-16-17-18/h4-6H,2-3H2,1H3,(H,13,15,19). The number of aryl methyl sites for hydroxylation is 1. The van der Waals surface area contributed by atoms with Crippen LogP contribution in [0.3, 0.4) is 0 Å². The van der Waals surface area contributed by atoms with Crippen LogP contribution < -0.4 is 5.32 Å². The van der Waals surface area contributed by atoms with Crippen LogP contribution in [0, 0.1) is 0 Å². The van der Waals surface area contributed by atoms with Crippen LogP contribution in [0.1, 0.15) is 28.0 Å². The topological polar surface area (TPSA) is 98.5 Å². The highest BCUT2D eigenvalue weighted by Gasteiger charge is 2.17. The van der Waals surface area contributed by atoms with E-state index in [1.807, 2.05) is 5.38 Å². The van der Waals surface area contributed by atoms with Gasteiger partial charge in [-0.05, 0) is 28.3 Å². The number of nitrogens with zero attached hydrogens (tertiary/aromatic N) is 6. The summed E-state index contributed by atoms with van der Waals surface area (Å²) in [6, 6.07) is 1.79. The first kappa shape index (κ1) is 13.8. The van der Waals surface area contributed by atoms with Gasteiger partial charge < -0.3 is 0 Å². The molecular formula is C11H11N7OS2. The Bertz CT molecular complexity index is 733. The summed E-state index contributed by atoms with van der Waals surface area (Å²) in [6.07, 6.45) is 3.31. The minimum atomic E-state index is -0.241. The summed E-state index contributed by atoms with van der Waals surface area (Å²) in [5, 5.41) is 24.9. The van der Waals surface area contributed by atoms with Gasteiger partial charge in [0.05, 0.1) is 5.69 Å². The van der Waals surface area contributed by atoms with E-state index in [0.29, 0.717) is 15.7 Å². The third-order valence-corrected chi connectivity index (χ3v) is 4.40. The van der Waals surface area contributed by atoms with E-state index in [1.54, 1.807) is 6.07 Å². The highest BCUT2D eigenvalue weighted by atomic mass is 32.1. The predicted octanol–water partition coefficient (Wildman–Crippen LogP) is 1.78. The average molecular weight is 321 g/mol. The average Bonchev–Trinajstić information content (AvgIpc) is 3.20. The lowest BCUT2D eigenvalue weighted by Gasteiger charge is -2.01. The summed E-state index contributed by atoms with van der Waals surface area (Å²) in [7, 11) is 0. The first-order valence-electron chi connectivity index (χ1n) is 6.22. The van der Waals surface area contributed by atoms with Crippen LogP contribution in [-0.2, 0) is 6.42 Å². The van der Waals surface area contributed by atoms with E-state index in [9.17, 15) is 4.79 Å². The van der Waals surface area contributed by atoms with Crippen LogP contribution in [0.15, 0.2) is 17.8 Å². The van der Waals surface area contributed by atoms with Crippen molar-refractivity contribution in [3.8, 4) is 5.69 Å². The van der Waals surface area contributed by atoms with Crippen LogP contribution in [-0.4, -0.2) is 36.3 Å². The third kappa shape index (κ3) is 2.95. The van der Waals surface area contributed by atoms with E-state index < -0.39 is 0 Å². The number of nitrogens with one attached hydrogen (secondary N) is 1. The molecule has 3 aromatic heterocycles. The number of carbonyl (C=O) groups is 1. The zero-order valence-electron chi connectivity index (χ0n) is 11.1. The quantitative estimate of drug-likeness (QED) is 0.769. The molecule has 0 atom stereocenters. The molecule has 0 spiro atoms. The smallest absolute Gasteiger partial charge is 0.269 e. The zero-order chi connectivity index (χ0) is 14.7. The number of tetrazole rings is 1. The molecule has 21 heavy (non-hydrogen) atoms. The lowest BCUT2D eigenvalue weighted by molar-refractivity contribution is 0.103. The van der Waals surface area contributed by atoms with Gasteiger partial charge in [0.15, 0.2) is 0 Å². The summed E-state index contributed by atoms with van der Waals surface area (Å²) in [4.78, 5) is 12.8. The van der Waals surface area contributed by atoms with Crippen molar-refractivity contribution in [1.82, 2.24) is 30.4 Å². The molecule has 0 unspecified atom stereocenters. The van der Waals surface area contributed by atoms with Crippen LogP contribution in [0.2, 0.25) is 0 Å². The van der Waals surface area contributed by atoms with Gasteiger partial charge in [-0.3, -0.25) is 10.1 Å². The van der Waals surface area contributed by atoms with Crippen molar-refractivity contribution < 1.29 is 4.79 Å². The van der Waals surface area contributed by atoms with Crippen molar-refractivity contribution >= 4 is 33.7 Å². The van der Waals surface area contributed by atoms with Gasteiger partial charge in [0, 0.05) is 6.42 Å². The normalized spacial score (nSPS) is 10.7. The third-order valence-electron chi connectivity index (χ3n) is 2.60. The Kier molecular flexibility index (Phi) is 3.97. The first-order chi connectivity index (χ1) is 10.3.